The zero-order chi connectivity index (χ0) is 19.3. The Morgan fingerprint density at radius 2 is 1.86 bits per heavy atom. The molecule has 1 aromatic carbocycles. The van der Waals surface area contributed by atoms with E-state index < -0.39 is 0 Å². The van der Waals surface area contributed by atoms with Crippen LogP contribution in [0.3, 0.4) is 0 Å². The number of carbonyl (C=O) groups is 1. The maximum atomic E-state index is 12.5. The van der Waals surface area contributed by atoms with Crippen molar-refractivity contribution >= 4 is 17.3 Å². The molecule has 5 heteroatoms. The van der Waals surface area contributed by atoms with Crippen molar-refractivity contribution in [1.82, 2.24) is 9.38 Å². The van der Waals surface area contributed by atoms with Crippen molar-refractivity contribution in [1.29, 1.82) is 0 Å². The van der Waals surface area contributed by atoms with E-state index in [0.717, 1.165) is 22.6 Å². The second-order valence-corrected chi connectivity index (χ2v) is 6.36. The molecule has 0 fully saturated rings. The number of nitrogens with one attached hydrogen (secondary N) is 1. The molecule has 3 aromatic heterocycles. The first-order chi connectivity index (χ1) is 13.8. The maximum absolute atomic E-state index is 12.5. The molecule has 0 saturated carbocycles. The second kappa shape index (κ2) is 7.96. The molecule has 0 radical (unpaired) electrons. The Bertz CT molecular complexity index is 1070. The summed E-state index contributed by atoms with van der Waals surface area (Å²) in [5.41, 5.74) is 3.39. The van der Waals surface area contributed by atoms with Crippen molar-refractivity contribution in [3.63, 3.8) is 0 Å². The number of nitrogens with zero attached hydrogens (tertiary/aromatic N) is 2. The van der Waals surface area contributed by atoms with Gasteiger partial charge in [-0.1, -0.05) is 42.5 Å². The van der Waals surface area contributed by atoms with Gasteiger partial charge in [0.05, 0.1) is 29.4 Å². The topological polar surface area (TPSA) is 55.6 Å². The van der Waals surface area contributed by atoms with Gasteiger partial charge < -0.3 is 14.5 Å². The van der Waals surface area contributed by atoms with Crippen LogP contribution in [-0.2, 0) is 4.74 Å². The third kappa shape index (κ3) is 3.47. The summed E-state index contributed by atoms with van der Waals surface area (Å²) < 4.78 is 7.30. The standard InChI is InChI=1S/C23H21N3O2/c1-2-28-23(27)18-16-20(26-15-9-7-12-19(18)26)22(17-10-4-3-5-11-17)25-21-13-6-8-14-24-21/h3-16,22H,2H2,1H3,(H,24,25)/t22-/m0/s1. The van der Waals surface area contributed by atoms with E-state index in [1.165, 1.54) is 0 Å². The lowest BCUT2D eigenvalue weighted by Crippen LogP contribution is -2.15. The summed E-state index contributed by atoms with van der Waals surface area (Å²) in [5.74, 6) is 0.446. The minimum atomic E-state index is -0.318. The van der Waals surface area contributed by atoms with Gasteiger partial charge in [-0.25, -0.2) is 9.78 Å². The van der Waals surface area contributed by atoms with Gasteiger partial charge in [0.2, 0.25) is 0 Å². The fourth-order valence-electron chi connectivity index (χ4n) is 3.34. The van der Waals surface area contributed by atoms with Gasteiger partial charge in [0.15, 0.2) is 0 Å². The Balaban J connectivity index is 1.86. The first-order valence-electron chi connectivity index (χ1n) is 9.27. The highest BCUT2D eigenvalue weighted by Gasteiger charge is 2.23. The van der Waals surface area contributed by atoms with Gasteiger partial charge in [0.1, 0.15) is 5.82 Å². The monoisotopic (exact) mass is 371 g/mol. The summed E-state index contributed by atoms with van der Waals surface area (Å²) in [6.45, 7) is 2.15. The highest BCUT2D eigenvalue weighted by Crippen LogP contribution is 2.30. The SMILES string of the molecule is CCOC(=O)c1cc([C@@H](Nc2ccccn2)c2ccccc2)n2ccccc12. The number of aromatic nitrogens is 2. The number of fused-ring (bicyclic) bond motifs is 1. The molecule has 28 heavy (non-hydrogen) atoms. The van der Waals surface area contributed by atoms with Crippen LogP contribution in [0.1, 0.15) is 34.6 Å². The van der Waals surface area contributed by atoms with E-state index in [2.05, 4.69) is 22.4 Å². The average molecular weight is 371 g/mol. The fraction of sp³-hybridized carbons (Fsp3) is 0.130. The van der Waals surface area contributed by atoms with E-state index >= 15 is 0 Å². The third-order valence-electron chi connectivity index (χ3n) is 4.59. The maximum Gasteiger partial charge on any atom is 0.340 e. The molecule has 4 aromatic rings. The van der Waals surface area contributed by atoms with Crippen LogP contribution in [0.4, 0.5) is 5.82 Å². The van der Waals surface area contributed by atoms with Crippen LogP contribution in [0.5, 0.6) is 0 Å². The predicted octanol–water partition coefficient (Wildman–Crippen LogP) is 4.71. The van der Waals surface area contributed by atoms with E-state index in [4.69, 9.17) is 4.74 Å². The van der Waals surface area contributed by atoms with E-state index in [1.807, 2.05) is 78.2 Å². The first-order valence-corrected chi connectivity index (χ1v) is 9.27. The molecule has 4 rings (SSSR count). The highest BCUT2D eigenvalue weighted by atomic mass is 16.5. The molecule has 0 aliphatic carbocycles. The van der Waals surface area contributed by atoms with Gasteiger partial charge in [-0.15, -0.1) is 0 Å². The lowest BCUT2D eigenvalue weighted by atomic mass is 10.0. The number of pyridine rings is 2. The van der Waals surface area contributed by atoms with E-state index in [-0.39, 0.29) is 12.0 Å². The lowest BCUT2D eigenvalue weighted by molar-refractivity contribution is 0.0529. The lowest BCUT2D eigenvalue weighted by Gasteiger charge is -2.20. The average Bonchev–Trinajstić information content (AvgIpc) is 3.13. The number of carbonyl (C=O) groups excluding carboxylic acids is 1. The Labute approximate surface area is 163 Å². The molecule has 0 bridgehead atoms. The van der Waals surface area contributed by atoms with Crippen molar-refractivity contribution in [3.05, 3.63) is 102 Å². The van der Waals surface area contributed by atoms with Crippen molar-refractivity contribution < 1.29 is 9.53 Å². The molecule has 5 nitrogen and oxygen atoms in total. The van der Waals surface area contributed by atoms with Gasteiger partial charge in [-0.2, -0.15) is 0 Å². The number of anilines is 1. The van der Waals surface area contributed by atoms with Gasteiger partial charge >= 0.3 is 5.97 Å². The summed E-state index contributed by atoms with van der Waals surface area (Å²) in [7, 11) is 0. The van der Waals surface area contributed by atoms with Gasteiger partial charge in [0.25, 0.3) is 0 Å². The minimum Gasteiger partial charge on any atom is -0.462 e. The van der Waals surface area contributed by atoms with Crippen molar-refractivity contribution in [2.45, 2.75) is 13.0 Å². The van der Waals surface area contributed by atoms with Crippen LogP contribution in [0.2, 0.25) is 0 Å². The summed E-state index contributed by atoms with van der Waals surface area (Å²) in [6, 6.07) is 23.4. The number of rotatable bonds is 6. The summed E-state index contributed by atoms with van der Waals surface area (Å²) in [5, 5.41) is 3.50. The summed E-state index contributed by atoms with van der Waals surface area (Å²) in [4.78, 5) is 16.9. The van der Waals surface area contributed by atoms with Crippen molar-refractivity contribution in [2.75, 3.05) is 11.9 Å². The van der Waals surface area contributed by atoms with Gasteiger partial charge in [-0.3, -0.25) is 0 Å². The predicted molar refractivity (Wildman–Crippen MR) is 109 cm³/mol. The van der Waals surface area contributed by atoms with E-state index in [0.29, 0.717) is 12.2 Å². The number of ether oxygens (including phenoxy) is 1. The normalized spacial score (nSPS) is 11.9. The smallest absolute Gasteiger partial charge is 0.340 e. The molecule has 0 unspecified atom stereocenters. The molecule has 0 saturated heterocycles. The van der Waals surface area contributed by atoms with Gasteiger partial charge in [-0.05, 0) is 42.8 Å². The quantitative estimate of drug-likeness (QED) is 0.499. The molecule has 1 atom stereocenters. The van der Waals surface area contributed by atoms with Crippen LogP contribution >= 0.6 is 0 Å². The number of hydrogen-bond donors (Lipinski definition) is 1. The van der Waals surface area contributed by atoms with Crippen LogP contribution in [0, 0.1) is 0 Å². The zero-order valence-electron chi connectivity index (χ0n) is 15.6. The molecular formula is C23H21N3O2. The summed E-state index contributed by atoms with van der Waals surface area (Å²) >= 11 is 0. The van der Waals surface area contributed by atoms with Crippen LogP contribution in [-0.4, -0.2) is 22.0 Å². The van der Waals surface area contributed by atoms with Crippen molar-refractivity contribution in [3.8, 4) is 0 Å². The molecule has 0 aliphatic rings. The highest BCUT2D eigenvalue weighted by molar-refractivity contribution is 5.97. The Hall–Kier alpha value is -3.60. The molecule has 0 aliphatic heterocycles. The Morgan fingerprint density at radius 3 is 2.61 bits per heavy atom. The number of hydrogen-bond acceptors (Lipinski definition) is 4. The fourth-order valence-corrected chi connectivity index (χ4v) is 3.34. The zero-order valence-corrected chi connectivity index (χ0v) is 15.6. The first kappa shape index (κ1) is 17.8. The molecule has 1 N–H and O–H groups in total. The largest absolute Gasteiger partial charge is 0.462 e. The van der Waals surface area contributed by atoms with Crippen molar-refractivity contribution in [2.24, 2.45) is 0 Å². The Morgan fingerprint density at radius 1 is 1.07 bits per heavy atom. The summed E-state index contributed by atoms with van der Waals surface area (Å²) in [6.07, 6.45) is 3.72. The molecule has 3 heterocycles. The molecule has 140 valence electrons. The molecule has 0 spiro atoms. The Kier molecular flexibility index (Phi) is 5.06. The van der Waals surface area contributed by atoms with E-state index in [9.17, 15) is 4.79 Å². The van der Waals surface area contributed by atoms with Crippen LogP contribution in [0.15, 0.2) is 85.2 Å². The van der Waals surface area contributed by atoms with Crippen LogP contribution in [0.25, 0.3) is 5.52 Å². The van der Waals surface area contributed by atoms with Gasteiger partial charge in [0, 0.05) is 12.4 Å². The molecule has 0 amide bonds. The van der Waals surface area contributed by atoms with Crippen LogP contribution < -0.4 is 5.32 Å². The van der Waals surface area contributed by atoms with E-state index in [1.54, 1.807) is 6.20 Å². The molecular weight excluding hydrogens is 350 g/mol. The number of benzene rings is 1. The third-order valence-corrected chi connectivity index (χ3v) is 4.59. The number of esters is 1. The second-order valence-electron chi connectivity index (χ2n) is 6.36. The minimum absolute atomic E-state index is 0.186.